The molecule has 3 heteroatoms. The van der Waals surface area contributed by atoms with Crippen molar-refractivity contribution in [1.29, 1.82) is 0 Å². The highest BCUT2D eigenvalue weighted by molar-refractivity contribution is 5.16. The maximum Gasteiger partial charge on any atom is 0.0859 e. The largest absolute Gasteiger partial charge is 0.247 e. The lowest BCUT2D eigenvalue weighted by molar-refractivity contribution is 0.492. The van der Waals surface area contributed by atoms with E-state index in [1.807, 2.05) is 4.68 Å². The maximum atomic E-state index is 4.13. The number of nitrogens with zero attached hydrogens (tertiary/aromatic N) is 3. The zero-order valence-corrected chi connectivity index (χ0v) is 7.04. The van der Waals surface area contributed by atoms with Gasteiger partial charge in [-0.3, -0.25) is 0 Å². The molecule has 0 saturated heterocycles. The van der Waals surface area contributed by atoms with Crippen LogP contribution in [0.15, 0.2) is 0 Å². The van der Waals surface area contributed by atoms with Gasteiger partial charge in [-0.1, -0.05) is 5.21 Å². The Bertz CT molecular complexity index is 262. The molecule has 0 radical (unpaired) electrons. The molecule has 3 nitrogen and oxygen atoms in total. The van der Waals surface area contributed by atoms with Crippen molar-refractivity contribution in [2.45, 2.75) is 39.2 Å². The molecule has 0 amide bonds. The summed E-state index contributed by atoms with van der Waals surface area (Å²) in [4.78, 5) is 0. The summed E-state index contributed by atoms with van der Waals surface area (Å²) >= 11 is 0. The van der Waals surface area contributed by atoms with Crippen molar-refractivity contribution in [3.05, 3.63) is 11.4 Å². The Hall–Kier alpha value is -0.860. The third-order valence-electron chi connectivity index (χ3n) is 2.19. The van der Waals surface area contributed by atoms with Gasteiger partial charge in [-0.25, -0.2) is 4.68 Å². The molecule has 1 aliphatic carbocycles. The standard InChI is InChI=1S/C8H13N3/c1-6(2)11-8-5-3-4-7(8)9-10-11/h6H,3-5H2,1-2H3. The number of hydrogen-bond donors (Lipinski definition) is 0. The molecule has 1 aromatic heterocycles. The van der Waals surface area contributed by atoms with Crippen LogP contribution < -0.4 is 0 Å². The molecule has 0 bridgehead atoms. The van der Waals surface area contributed by atoms with Crippen molar-refractivity contribution in [3.8, 4) is 0 Å². The SMILES string of the molecule is CC(C)n1nnc2c1CCC2. The van der Waals surface area contributed by atoms with Crippen molar-refractivity contribution in [2.75, 3.05) is 0 Å². The first-order valence-corrected chi connectivity index (χ1v) is 4.22. The van der Waals surface area contributed by atoms with Gasteiger partial charge in [0.05, 0.1) is 11.4 Å². The zero-order valence-electron chi connectivity index (χ0n) is 7.04. The fourth-order valence-corrected chi connectivity index (χ4v) is 1.64. The third-order valence-corrected chi connectivity index (χ3v) is 2.19. The highest BCUT2D eigenvalue weighted by Gasteiger charge is 2.19. The predicted octanol–water partition coefficient (Wildman–Crippen LogP) is 1.35. The van der Waals surface area contributed by atoms with Crippen molar-refractivity contribution in [3.63, 3.8) is 0 Å². The molecule has 60 valence electrons. The van der Waals surface area contributed by atoms with E-state index in [1.54, 1.807) is 0 Å². The molecule has 0 atom stereocenters. The van der Waals surface area contributed by atoms with E-state index in [0.717, 1.165) is 6.42 Å². The lowest BCUT2D eigenvalue weighted by Gasteiger charge is -2.06. The summed E-state index contributed by atoms with van der Waals surface area (Å²) in [6.45, 7) is 4.29. The molecule has 1 aromatic rings. The summed E-state index contributed by atoms with van der Waals surface area (Å²) in [7, 11) is 0. The molecule has 0 fully saturated rings. The molecule has 1 aliphatic rings. The fourth-order valence-electron chi connectivity index (χ4n) is 1.64. The second kappa shape index (κ2) is 2.32. The smallest absolute Gasteiger partial charge is 0.0859 e. The van der Waals surface area contributed by atoms with Gasteiger partial charge < -0.3 is 0 Å². The minimum Gasteiger partial charge on any atom is -0.247 e. The van der Waals surface area contributed by atoms with E-state index >= 15 is 0 Å². The van der Waals surface area contributed by atoms with E-state index in [1.165, 1.54) is 24.2 Å². The van der Waals surface area contributed by atoms with Crippen LogP contribution in [0.5, 0.6) is 0 Å². The number of aromatic nitrogens is 3. The van der Waals surface area contributed by atoms with E-state index in [0.29, 0.717) is 6.04 Å². The summed E-state index contributed by atoms with van der Waals surface area (Å²) in [5.74, 6) is 0. The summed E-state index contributed by atoms with van der Waals surface area (Å²) in [5, 5.41) is 8.23. The zero-order chi connectivity index (χ0) is 7.84. The van der Waals surface area contributed by atoms with Crippen molar-refractivity contribution in [1.82, 2.24) is 15.0 Å². The Morgan fingerprint density at radius 1 is 1.36 bits per heavy atom. The summed E-state index contributed by atoms with van der Waals surface area (Å²) < 4.78 is 2.04. The summed E-state index contributed by atoms with van der Waals surface area (Å²) in [6, 6.07) is 0.462. The third kappa shape index (κ3) is 0.951. The Labute approximate surface area is 66.4 Å². The first kappa shape index (κ1) is 6.83. The van der Waals surface area contributed by atoms with E-state index in [9.17, 15) is 0 Å². The van der Waals surface area contributed by atoms with Crippen LogP contribution >= 0.6 is 0 Å². The second-order valence-electron chi connectivity index (χ2n) is 3.37. The molecule has 0 spiro atoms. The van der Waals surface area contributed by atoms with Crippen LogP contribution in [-0.4, -0.2) is 15.0 Å². The minimum absolute atomic E-state index is 0.462. The van der Waals surface area contributed by atoms with Gasteiger partial charge >= 0.3 is 0 Å². The highest BCUT2D eigenvalue weighted by Crippen LogP contribution is 2.21. The van der Waals surface area contributed by atoms with E-state index in [2.05, 4.69) is 24.2 Å². The Morgan fingerprint density at radius 3 is 2.91 bits per heavy atom. The van der Waals surface area contributed by atoms with Crippen molar-refractivity contribution >= 4 is 0 Å². The number of aryl methyl sites for hydroxylation is 1. The average molecular weight is 151 g/mol. The van der Waals surface area contributed by atoms with Crippen LogP contribution in [0.1, 0.15) is 37.7 Å². The molecule has 0 saturated carbocycles. The van der Waals surface area contributed by atoms with Crippen LogP contribution in [0.25, 0.3) is 0 Å². The van der Waals surface area contributed by atoms with Gasteiger partial charge in [0.1, 0.15) is 0 Å². The average Bonchev–Trinajstić information content (AvgIpc) is 2.41. The van der Waals surface area contributed by atoms with Crippen LogP contribution in [0.2, 0.25) is 0 Å². The van der Waals surface area contributed by atoms with Crippen molar-refractivity contribution < 1.29 is 0 Å². The van der Waals surface area contributed by atoms with Crippen LogP contribution in [0.3, 0.4) is 0 Å². The minimum atomic E-state index is 0.462. The van der Waals surface area contributed by atoms with E-state index in [-0.39, 0.29) is 0 Å². The van der Waals surface area contributed by atoms with Crippen molar-refractivity contribution in [2.24, 2.45) is 0 Å². The Morgan fingerprint density at radius 2 is 2.18 bits per heavy atom. The van der Waals surface area contributed by atoms with Gasteiger partial charge in [0.2, 0.25) is 0 Å². The summed E-state index contributed by atoms with van der Waals surface area (Å²) in [5.41, 5.74) is 2.58. The number of rotatable bonds is 1. The monoisotopic (exact) mass is 151 g/mol. The molecule has 0 N–H and O–H groups in total. The van der Waals surface area contributed by atoms with Gasteiger partial charge in [0.25, 0.3) is 0 Å². The number of hydrogen-bond acceptors (Lipinski definition) is 2. The molecular formula is C8H13N3. The molecule has 2 rings (SSSR count). The Balaban J connectivity index is 2.42. The number of fused-ring (bicyclic) bond motifs is 1. The second-order valence-corrected chi connectivity index (χ2v) is 3.37. The van der Waals surface area contributed by atoms with E-state index < -0.39 is 0 Å². The molecule has 0 unspecified atom stereocenters. The van der Waals surface area contributed by atoms with Gasteiger partial charge in [-0.15, -0.1) is 5.10 Å². The lowest BCUT2D eigenvalue weighted by Crippen LogP contribution is -2.06. The normalized spacial score (nSPS) is 15.9. The predicted molar refractivity (Wildman–Crippen MR) is 42.4 cm³/mol. The Kier molecular flexibility index (Phi) is 1.44. The fraction of sp³-hybridized carbons (Fsp3) is 0.750. The first-order valence-electron chi connectivity index (χ1n) is 4.22. The first-order chi connectivity index (χ1) is 5.29. The van der Waals surface area contributed by atoms with Gasteiger partial charge in [-0.05, 0) is 33.1 Å². The van der Waals surface area contributed by atoms with Crippen LogP contribution in [0, 0.1) is 0 Å². The van der Waals surface area contributed by atoms with Gasteiger partial charge in [-0.2, -0.15) is 0 Å². The lowest BCUT2D eigenvalue weighted by atomic mass is 10.3. The summed E-state index contributed by atoms with van der Waals surface area (Å²) in [6.07, 6.45) is 3.55. The molecule has 1 heterocycles. The molecule has 0 aromatic carbocycles. The van der Waals surface area contributed by atoms with Crippen LogP contribution in [0.4, 0.5) is 0 Å². The topological polar surface area (TPSA) is 30.7 Å². The maximum absolute atomic E-state index is 4.13. The molecule has 11 heavy (non-hydrogen) atoms. The highest BCUT2D eigenvalue weighted by atomic mass is 15.4. The van der Waals surface area contributed by atoms with Crippen LogP contribution in [-0.2, 0) is 12.8 Å². The quantitative estimate of drug-likeness (QED) is 0.606. The van der Waals surface area contributed by atoms with Gasteiger partial charge in [0.15, 0.2) is 0 Å². The molecular weight excluding hydrogens is 138 g/mol. The van der Waals surface area contributed by atoms with E-state index in [4.69, 9.17) is 0 Å². The molecule has 0 aliphatic heterocycles. The van der Waals surface area contributed by atoms with Gasteiger partial charge in [0, 0.05) is 6.04 Å².